The topological polar surface area (TPSA) is 38.9 Å². The van der Waals surface area contributed by atoms with E-state index < -0.39 is 0 Å². The Morgan fingerprint density at radius 3 is 2.29 bits per heavy atom. The molecule has 7 aromatic rings. The Hall–Kier alpha value is -4.76. The van der Waals surface area contributed by atoms with Crippen molar-refractivity contribution in [2.75, 3.05) is 0 Å². The van der Waals surface area contributed by atoms with E-state index in [0.29, 0.717) is 5.92 Å². The monoisotopic (exact) mass is 546 g/mol. The van der Waals surface area contributed by atoms with Crippen LogP contribution in [0.15, 0.2) is 120 Å². The summed E-state index contributed by atoms with van der Waals surface area (Å²) in [4.78, 5) is 9.79. The minimum absolute atomic E-state index is 0.462. The molecule has 42 heavy (non-hydrogen) atoms. The predicted octanol–water partition coefficient (Wildman–Crippen LogP) is 10.6. The maximum Gasteiger partial charge on any atom is 0.144 e. The summed E-state index contributed by atoms with van der Waals surface area (Å²) < 4.78 is 6.39. The Labute approximate surface area is 246 Å². The number of nitrogens with zero attached hydrogens (tertiary/aromatic N) is 2. The van der Waals surface area contributed by atoms with Crippen LogP contribution in [-0.4, -0.2) is 9.97 Å². The Kier molecular flexibility index (Phi) is 7.01. The van der Waals surface area contributed by atoms with Gasteiger partial charge in [-0.05, 0) is 71.9 Å². The van der Waals surface area contributed by atoms with Crippen molar-refractivity contribution in [3.05, 3.63) is 132 Å². The van der Waals surface area contributed by atoms with Gasteiger partial charge in [-0.25, -0.2) is 0 Å². The highest BCUT2D eigenvalue weighted by atomic mass is 16.3. The Morgan fingerprint density at radius 2 is 1.45 bits per heavy atom. The third-order valence-corrected chi connectivity index (χ3v) is 8.38. The Morgan fingerprint density at radius 1 is 0.643 bits per heavy atom. The van der Waals surface area contributed by atoms with Crippen LogP contribution in [0, 0.1) is 0 Å². The SMILES string of the molecule is CC(C)c1ccc2c(-c3cccc4c3oc3ccccc34)ncc(CCCCc3ccc(-c4ccccc4)nc3)c2c1. The summed E-state index contributed by atoms with van der Waals surface area (Å²) in [6.07, 6.45) is 8.35. The number of aryl methyl sites for hydroxylation is 2. The van der Waals surface area contributed by atoms with Crippen LogP contribution in [0.1, 0.15) is 49.3 Å². The van der Waals surface area contributed by atoms with Crippen LogP contribution in [0.4, 0.5) is 0 Å². The molecule has 0 fully saturated rings. The van der Waals surface area contributed by atoms with Gasteiger partial charge in [0.1, 0.15) is 11.2 Å². The molecule has 0 aliphatic rings. The first kappa shape index (κ1) is 26.2. The van der Waals surface area contributed by atoms with Crippen molar-refractivity contribution < 1.29 is 4.42 Å². The van der Waals surface area contributed by atoms with Crippen molar-refractivity contribution in [2.24, 2.45) is 0 Å². The molecule has 3 nitrogen and oxygen atoms in total. The summed E-state index contributed by atoms with van der Waals surface area (Å²) in [5, 5.41) is 4.76. The molecule has 0 spiro atoms. The van der Waals surface area contributed by atoms with Crippen LogP contribution in [0.25, 0.3) is 55.2 Å². The number of fused-ring (bicyclic) bond motifs is 4. The summed E-state index contributed by atoms with van der Waals surface area (Å²) in [5.41, 5.74) is 9.97. The van der Waals surface area contributed by atoms with E-state index in [0.717, 1.165) is 70.1 Å². The average Bonchev–Trinajstić information content (AvgIpc) is 3.43. The fourth-order valence-corrected chi connectivity index (χ4v) is 6.02. The van der Waals surface area contributed by atoms with E-state index >= 15 is 0 Å². The normalized spacial score (nSPS) is 11.7. The van der Waals surface area contributed by atoms with E-state index in [-0.39, 0.29) is 0 Å². The number of para-hydroxylation sites is 2. The maximum absolute atomic E-state index is 6.39. The zero-order valence-corrected chi connectivity index (χ0v) is 24.2. The molecule has 3 heterocycles. The Balaban J connectivity index is 1.16. The molecule has 206 valence electrons. The van der Waals surface area contributed by atoms with Crippen LogP contribution in [0.5, 0.6) is 0 Å². The van der Waals surface area contributed by atoms with Gasteiger partial charge in [0.2, 0.25) is 0 Å². The second-order valence-corrected chi connectivity index (χ2v) is 11.5. The van der Waals surface area contributed by atoms with Crippen molar-refractivity contribution in [1.29, 1.82) is 0 Å². The van der Waals surface area contributed by atoms with Gasteiger partial charge < -0.3 is 4.42 Å². The minimum Gasteiger partial charge on any atom is -0.455 e. The van der Waals surface area contributed by atoms with Crippen LogP contribution < -0.4 is 0 Å². The number of hydrogen-bond acceptors (Lipinski definition) is 3. The zero-order valence-electron chi connectivity index (χ0n) is 24.2. The minimum atomic E-state index is 0.462. The molecular weight excluding hydrogens is 512 g/mol. The first-order chi connectivity index (χ1) is 20.7. The molecule has 3 heteroatoms. The lowest BCUT2D eigenvalue weighted by Crippen LogP contribution is -1.97. The molecule has 3 aromatic heterocycles. The van der Waals surface area contributed by atoms with Gasteiger partial charge in [0.25, 0.3) is 0 Å². The van der Waals surface area contributed by atoms with Gasteiger partial charge in [-0.15, -0.1) is 0 Å². The van der Waals surface area contributed by atoms with Gasteiger partial charge >= 0.3 is 0 Å². The van der Waals surface area contributed by atoms with Gasteiger partial charge in [0, 0.05) is 39.7 Å². The number of furan rings is 1. The van der Waals surface area contributed by atoms with E-state index in [1.54, 1.807) is 0 Å². The van der Waals surface area contributed by atoms with Gasteiger partial charge in [-0.3, -0.25) is 9.97 Å². The maximum atomic E-state index is 6.39. The summed E-state index contributed by atoms with van der Waals surface area (Å²) in [6, 6.07) is 36.3. The van der Waals surface area contributed by atoms with Gasteiger partial charge in [-0.1, -0.05) is 98.8 Å². The molecule has 0 amide bonds. The lowest BCUT2D eigenvalue weighted by atomic mass is 9.93. The number of benzene rings is 4. The number of hydrogen-bond donors (Lipinski definition) is 0. The van der Waals surface area contributed by atoms with Gasteiger partial charge in [0.05, 0.1) is 11.4 Å². The van der Waals surface area contributed by atoms with Crippen molar-refractivity contribution in [1.82, 2.24) is 9.97 Å². The molecule has 0 saturated carbocycles. The van der Waals surface area contributed by atoms with Crippen LogP contribution in [0.2, 0.25) is 0 Å². The summed E-state index contributed by atoms with van der Waals surface area (Å²) in [7, 11) is 0. The van der Waals surface area contributed by atoms with Crippen molar-refractivity contribution >= 4 is 32.7 Å². The molecule has 0 bridgehead atoms. The number of rotatable bonds is 8. The molecule has 0 atom stereocenters. The van der Waals surface area contributed by atoms with E-state index in [1.807, 2.05) is 24.4 Å². The standard InChI is InChI=1S/C39H34N2O/c1-26(2)29-20-21-32-35(23-29)30(14-7-6-11-27-19-22-36(40-24-27)28-12-4-3-5-13-28)25-41-38(32)34-17-10-16-33-31-15-8-9-18-37(31)42-39(33)34/h3-5,8-10,12-13,15-26H,6-7,11,14H2,1-2H3. The third kappa shape index (κ3) is 4.96. The highest BCUT2D eigenvalue weighted by molar-refractivity contribution is 6.11. The van der Waals surface area contributed by atoms with E-state index in [4.69, 9.17) is 14.4 Å². The largest absolute Gasteiger partial charge is 0.455 e. The molecule has 0 aliphatic carbocycles. The summed E-state index contributed by atoms with van der Waals surface area (Å²) in [6.45, 7) is 4.52. The second kappa shape index (κ2) is 11.3. The van der Waals surface area contributed by atoms with Crippen molar-refractivity contribution in [3.8, 4) is 22.5 Å². The molecule has 0 radical (unpaired) electrons. The average molecular weight is 547 g/mol. The predicted molar refractivity (Wildman–Crippen MR) is 175 cm³/mol. The number of unbranched alkanes of at least 4 members (excludes halogenated alkanes) is 1. The zero-order chi connectivity index (χ0) is 28.5. The smallest absolute Gasteiger partial charge is 0.144 e. The molecule has 7 rings (SSSR count). The number of aromatic nitrogens is 2. The number of pyridine rings is 2. The van der Waals surface area contributed by atoms with Gasteiger partial charge in [-0.2, -0.15) is 0 Å². The second-order valence-electron chi connectivity index (χ2n) is 11.5. The van der Waals surface area contributed by atoms with Crippen LogP contribution in [-0.2, 0) is 12.8 Å². The van der Waals surface area contributed by atoms with Gasteiger partial charge in [0.15, 0.2) is 0 Å². The third-order valence-electron chi connectivity index (χ3n) is 8.38. The fourth-order valence-electron chi connectivity index (χ4n) is 6.02. The van der Waals surface area contributed by atoms with E-state index in [2.05, 4.69) is 105 Å². The molecule has 0 saturated heterocycles. The van der Waals surface area contributed by atoms with E-state index in [1.165, 1.54) is 27.5 Å². The summed E-state index contributed by atoms with van der Waals surface area (Å²) in [5.74, 6) is 0.462. The highest BCUT2D eigenvalue weighted by Crippen LogP contribution is 2.38. The lowest BCUT2D eigenvalue weighted by Gasteiger charge is -2.14. The Bertz CT molecular complexity index is 2000. The van der Waals surface area contributed by atoms with Crippen LogP contribution >= 0.6 is 0 Å². The molecular formula is C39H34N2O. The molecule has 0 unspecified atom stereocenters. The molecule has 0 aliphatic heterocycles. The molecule has 4 aromatic carbocycles. The van der Waals surface area contributed by atoms with E-state index in [9.17, 15) is 0 Å². The quantitative estimate of drug-likeness (QED) is 0.178. The van der Waals surface area contributed by atoms with Crippen molar-refractivity contribution in [3.63, 3.8) is 0 Å². The van der Waals surface area contributed by atoms with Crippen molar-refractivity contribution in [2.45, 2.75) is 45.4 Å². The highest BCUT2D eigenvalue weighted by Gasteiger charge is 2.17. The first-order valence-corrected chi connectivity index (χ1v) is 15.0. The van der Waals surface area contributed by atoms with Crippen LogP contribution in [0.3, 0.4) is 0 Å². The fraction of sp³-hybridized carbons (Fsp3) is 0.179. The first-order valence-electron chi connectivity index (χ1n) is 15.0. The lowest BCUT2D eigenvalue weighted by molar-refractivity contribution is 0.670. The molecule has 0 N–H and O–H groups in total. The summed E-state index contributed by atoms with van der Waals surface area (Å²) >= 11 is 0.